The highest BCUT2D eigenvalue weighted by atomic mass is 19.4. The molecule has 1 atom stereocenters. The fraction of sp³-hybridized carbons (Fsp3) is 0.296. The molecule has 0 unspecified atom stereocenters. The predicted octanol–water partition coefficient (Wildman–Crippen LogP) is 6.72. The van der Waals surface area contributed by atoms with Crippen LogP contribution in [0.15, 0.2) is 83.9 Å². The lowest BCUT2D eigenvalue weighted by Crippen LogP contribution is -2.36. The number of nitrogens with zero attached hydrogens (tertiary/aromatic N) is 2. The normalized spacial score (nSPS) is 18.4. The summed E-state index contributed by atoms with van der Waals surface area (Å²) in [5.41, 5.74) is -1.87. The van der Waals surface area contributed by atoms with Gasteiger partial charge < -0.3 is 9.64 Å². The molecule has 0 saturated carbocycles. The van der Waals surface area contributed by atoms with E-state index in [9.17, 15) is 26.3 Å². The van der Waals surface area contributed by atoms with Crippen LogP contribution in [0.3, 0.4) is 0 Å². The number of hydrogen-bond acceptors (Lipinski definition) is 3. The molecule has 4 rings (SSSR count). The van der Waals surface area contributed by atoms with Crippen molar-refractivity contribution in [3.05, 3.63) is 107 Å². The third-order valence-corrected chi connectivity index (χ3v) is 6.06. The molecule has 36 heavy (non-hydrogen) atoms. The van der Waals surface area contributed by atoms with Gasteiger partial charge in [0.05, 0.1) is 30.9 Å². The lowest BCUT2D eigenvalue weighted by atomic mass is 9.92. The van der Waals surface area contributed by atoms with Gasteiger partial charge in [0.2, 0.25) is 0 Å². The summed E-state index contributed by atoms with van der Waals surface area (Å²) in [4.78, 5) is 6.96. The molecule has 3 aromatic carbocycles. The maximum absolute atomic E-state index is 13.2. The highest BCUT2D eigenvalue weighted by molar-refractivity contribution is 5.86. The standard InChI is InChI=1S/C27H24F6N2O/c1-35-17-25(21-10-6-3-7-11-21,34-24(35)14-19-8-4-2-5-9-19)18-36-16-20-12-22(26(28,29)30)15-23(13-20)27(31,32)33/h2-13,15H,14,16-18H2,1H3/t25-/m1/s1. The van der Waals surface area contributed by atoms with Crippen LogP contribution in [0.4, 0.5) is 26.3 Å². The van der Waals surface area contributed by atoms with Crippen molar-refractivity contribution in [2.24, 2.45) is 4.99 Å². The first kappa shape index (κ1) is 25.8. The van der Waals surface area contributed by atoms with Crippen LogP contribution >= 0.6 is 0 Å². The van der Waals surface area contributed by atoms with Crippen LogP contribution < -0.4 is 0 Å². The fourth-order valence-electron chi connectivity index (χ4n) is 4.31. The van der Waals surface area contributed by atoms with Crippen molar-refractivity contribution in [2.75, 3.05) is 20.2 Å². The molecular weight excluding hydrogens is 482 g/mol. The number of rotatable bonds is 7. The van der Waals surface area contributed by atoms with Crippen molar-refractivity contribution >= 4 is 5.84 Å². The Bertz CT molecular complexity index is 1180. The number of amidine groups is 1. The lowest BCUT2D eigenvalue weighted by Gasteiger charge is -2.27. The minimum atomic E-state index is -4.91. The second-order valence-electron chi connectivity index (χ2n) is 8.85. The number of aliphatic imine (C=N–C) groups is 1. The quantitative estimate of drug-likeness (QED) is 0.332. The van der Waals surface area contributed by atoms with Crippen LogP contribution in [0.5, 0.6) is 0 Å². The molecule has 0 fully saturated rings. The van der Waals surface area contributed by atoms with Gasteiger partial charge in [-0.25, -0.2) is 0 Å². The van der Waals surface area contributed by atoms with Gasteiger partial charge in [-0.3, -0.25) is 4.99 Å². The van der Waals surface area contributed by atoms with E-state index >= 15 is 0 Å². The molecule has 0 aliphatic carbocycles. The number of benzene rings is 3. The smallest absolute Gasteiger partial charge is 0.374 e. The zero-order valence-electron chi connectivity index (χ0n) is 19.4. The average Bonchev–Trinajstić information content (AvgIpc) is 3.15. The summed E-state index contributed by atoms with van der Waals surface area (Å²) in [6, 6.07) is 20.6. The molecular formula is C27H24F6N2O. The summed E-state index contributed by atoms with van der Waals surface area (Å²) in [5, 5.41) is 0. The molecule has 0 radical (unpaired) electrons. The summed E-state index contributed by atoms with van der Waals surface area (Å²) in [7, 11) is 1.90. The third kappa shape index (κ3) is 5.90. The average molecular weight is 506 g/mol. The first-order chi connectivity index (χ1) is 17.0. The molecule has 0 spiro atoms. The Morgan fingerprint density at radius 3 is 1.92 bits per heavy atom. The largest absolute Gasteiger partial charge is 0.416 e. The number of alkyl halides is 6. The summed E-state index contributed by atoms with van der Waals surface area (Å²) >= 11 is 0. The SMILES string of the molecule is CN1C[C@@](COCc2cc(C(F)(F)F)cc(C(F)(F)F)c2)(c2ccccc2)N=C1Cc1ccccc1. The minimum absolute atomic E-state index is 0.0166. The van der Waals surface area contributed by atoms with E-state index in [-0.39, 0.29) is 18.2 Å². The van der Waals surface area contributed by atoms with Gasteiger partial charge in [-0.05, 0) is 34.9 Å². The van der Waals surface area contributed by atoms with E-state index in [1.807, 2.05) is 72.6 Å². The molecule has 1 heterocycles. The molecule has 1 aliphatic heterocycles. The van der Waals surface area contributed by atoms with E-state index in [1.54, 1.807) is 0 Å². The Morgan fingerprint density at radius 1 is 0.806 bits per heavy atom. The van der Waals surface area contributed by atoms with Gasteiger partial charge >= 0.3 is 12.4 Å². The zero-order chi connectivity index (χ0) is 26.0. The number of hydrogen-bond donors (Lipinski definition) is 0. The molecule has 3 nitrogen and oxygen atoms in total. The van der Waals surface area contributed by atoms with Gasteiger partial charge in [0.1, 0.15) is 11.4 Å². The predicted molar refractivity (Wildman–Crippen MR) is 124 cm³/mol. The zero-order valence-corrected chi connectivity index (χ0v) is 19.4. The lowest BCUT2D eigenvalue weighted by molar-refractivity contribution is -0.143. The maximum Gasteiger partial charge on any atom is 0.416 e. The van der Waals surface area contributed by atoms with Crippen LogP contribution in [0.2, 0.25) is 0 Å². The molecule has 0 N–H and O–H groups in total. The second-order valence-corrected chi connectivity index (χ2v) is 8.85. The molecule has 1 aliphatic rings. The molecule has 3 aromatic rings. The van der Waals surface area contributed by atoms with Crippen molar-refractivity contribution in [2.45, 2.75) is 30.9 Å². The summed E-state index contributed by atoms with van der Waals surface area (Å²) < 4.78 is 85.1. The first-order valence-electron chi connectivity index (χ1n) is 11.2. The van der Waals surface area contributed by atoms with Gasteiger partial charge in [0, 0.05) is 13.5 Å². The number of likely N-dealkylation sites (N-methyl/N-ethyl adjacent to an activating group) is 1. The molecule has 0 amide bonds. The van der Waals surface area contributed by atoms with Crippen molar-refractivity contribution in [3.63, 3.8) is 0 Å². The van der Waals surface area contributed by atoms with Crippen molar-refractivity contribution in [1.82, 2.24) is 4.90 Å². The van der Waals surface area contributed by atoms with Gasteiger partial charge in [0.15, 0.2) is 0 Å². The van der Waals surface area contributed by atoms with Gasteiger partial charge in [0.25, 0.3) is 0 Å². The topological polar surface area (TPSA) is 24.8 Å². The Morgan fingerprint density at radius 2 is 1.36 bits per heavy atom. The molecule has 0 aromatic heterocycles. The van der Waals surface area contributed by atoms with Gasteiger partial charge in [-0.15, -0.1) is 0 Å². The van der Waals surface area contributed by atoms with E-state index in [1.165, 1.54) is 0 Å². The number of halogens is 6. The van der Waals surface area contributed by atoms with Crippen LogP contribution in [0.25, 0.3) is 0 Å². The fourth-order valence-corrected chi connectivity index (χ4v) is 4.31. The van der Waals surface area contributed by atoms with Crippen molar-refractivity contribution in [3.8, 4) is 0 Å². The van der Waals surface area contributed by atoms with Gasteiger partial charge in [-0.2, -0.15) is 26.3 Å². The van der Waals surface area contributed by atoms with E-state index in [0.717, 1.165) is 17.0 Å². The van der Waals surface area contributed by atoms with E-state index in [0.29, 0.717) is 25.1 Å². The minimum Gasteiger partial charge on any atom is -0.374 e. The van der Waals surface area contributed by atoms with Crippen molar-refractivity contribution < 1.29 is 31.1 Å². The first-order valence-corrected chi connectivity index (χ1v) is 11.2. The van der Waals surface area contributed by atoms with E-state index in [4.69, 9.17) is 9.73 Å². The summed E-state index contributed by atoms with van der Waals surface area (Å²) in [6.07, 6.45) is -9.24. The molecule has 9 heteroatoms. The van der Waals surface area contributed by atoms with Gasteiger partial charge in [-0.1, -0.05) is 60.7 Å². The summed E-state index contributed by atoms with van der Waals surface area (Å²) in [6.45, 7) is 0.0155. The molecule has 0 saturated heterocycles. The molecule has 0 bridgehead atoms. The highest BCUT2D eigenvalue weighted by Gasteiger charge is 2.40. The van der Waals surface area contributed by atoms with Crippen LogP contribution in [-0.2, 0) is 35.7 Å². The Kier molecular flexibility index (Phi) is 7.13. The van der Waals surface area contributed by atoms with Crippen LogP contribution in [0.1, 0.15) is 27.8 Å². The third-order valence-electron chi connectivity index (χ3n) is 6.06. The van der Waals surface area contributed by atoms with Crippen LogP contribution in [-0.4, -0.2) is 30.9 Å². The maximum atomic E-state index is 13.2. The molecule has 190 valence electrons. The second kappa shape index (κ2) is 9.97. The Labute approximate surface area is 205 Å². The van der Waals surface area contributed by atoms with Crippen LogP contribution in [0, 0.1) is 0 Å². The summed E-state index contributed by atoms with van der Waals surface area (Å²) in [5.74, 6) is 0.812. The van der Waals surface area contributed by atoms with E-state index in [2.05, 4.69) is 0 Å². The number of ether oxygens (including phenoxy) is 1. The Hall–Kier alpha value is -3.33. The van der Waals surface area contributed by atoms with E-state index < -0.39 is 35.6 Å². The van der Waals surface area contributed by atoms with Crippen molar-refractivity contribution in [1.29, 1.82) is 0 Å². The highest BCUT2D eigenvalue weighted by Crippen LogP contribution is 2.37. The Balaban J connectivity index is 1.59. The monoisotopic (exact) mass is 506 g/mol.